The number of aromatic hydroxyl groups is 1. The first-order chi connectivity index (χ1) is 48.9. The zero-order chi connectivity index (χ0) is 77.6. The number of aliphatic hydroxyl groups excluding tert-OH is 3. The molecule has 0 aliphatic heterocycles. The van der Waals surface area contributed by atoms with E-state index in [4.69, 9.17) is 51.6 Å². The highest BCUT2D eigenvalue weighted by Gasteiger charge is 2.37. The molecule has 0 unspecified atom stereocenters. The van der Waals surface area contributed by atoms with Gasteiger partial charge >= 0.3 is 5.97 Å². The number of phenolic OH excluding ortho intramolecular Hbond substituents is 1. The number of carbonyl (C=O) groups is 15. The highest BCUT2D eigenvalue weighted by Crippen LogP contribution is 2.15. The number of hydrogen-bond acceptors (Lipinski definition) is 25. The number of carboxylic acids is 1. The molecular weight excluding hydrogens is 1360 g/mol. The Labute approximate surface area is 596 Å². The first kappa shape index (κ1) is 91.7. The van der Waals surface area contributed by atoms with E-state index >= 15 is 0 Å². The van der Waals surface area contributed by atoms with Crippen LogP contribution in [0.1, 0.15) is 140 Å². The summed E-state index contributed by atoms with van der Waals surface area (Å²) in [6, 6.07) is -13.9. The van der Waals surface area contributed by atoms with Crippen LogP contribution in [-0.4, -0.2) is 239 Å². The Morgan fingerprint density at radius 3 is 0.796 bits per heavy atom. The predicted octanol–water partition coefficient (Wildman–Crippen LogP) is -9.90. The molecule has 40 nitrogen and oxygen atoms in total. The number of aliphatic hydroxyl groups is 3. The van der Waals surface area contributed by atoms with Crippen LogP contribution in [0.4, 0.5) is 0 Å². The number of nitrogens with one attached hydrogen (secondary N) is 11. The third-order valence-electron chi connectivity index (χ3n) is 16.0. The molecule has 0 aliphatic carbocycles. The maximum Gasteiger partial charge on any atom is 0.326 e. The van der Waals surface area contributed by atoms with Crippen molar-refractivity contribution in [2.24, 2.45) is 51.6 Å². The number of amides is 14. The van der Waals surface area contributed by atoms with Crippen molar-refractivity contribution in [2.75, 3.05) is 52.5 Å². The van der Waals surface area contributed by atoms with E-state index in [9.17, 15) is 97.5 Å². The van der Waals surface area contributed by atoms with E-state index in [0.29, 0.717) is 37.7 Å². The lowest BCUT2D eigenvalue weighted by Crippen LogP contribution is -2.61. The summed E-state index contributed by atoms with van der Waals surface area (Å²) in [4.78, 5) is 201. The summed E-state index contributed by atoms with van der Waals surface area (Å²) in [6.45, 7) is -2.59. The first-order valence-electron chi connectivity index (χ1n) is 34.2. The average Bonchev–Trinajstić information content (AvgIpc) is 0.862. The van der Waals surface area contributed by atoms with Crippen molar-refractivity contribution in [3.63, 3.8) is 0 Å². The van der Waals surface area contributed by atoms with Crippen LogP contribution >= 0.6 is 0 Å². The minimum atomic E-state index is -1.95. The van der Waals surface area contributed by atoms with Crippen LogP contribution in [0.25, 0.3) is 0 Å². The van der Waals surface area contributed by atoms with Gasteiger partial charge in [0.05, 0.1) is 25.9 Å². The molecule has 0 saturated carbocycles. The molecule has 1 aromatic rings. The second-order valence-electron chi connectivity index (χ2n) is 24.5. The highest BCUT2D eigenvalue weighted by atomic mass is 16.4. The van der Waals surface area contributed by atoms with E-state index in [2.05, 4.69) is 58.5 Å². The molecule has 0 aromatic heterocycles. The normalized spacial score (nSPS) is 14.6. The third kappa shape index (κ3) is 37.5. The minimum absolute atomic E-state index is 0.00226. The summed E-state index contributed by atoms with van der Waals surface area (Å²) < 4.78 is 0. The van der Waals surface area contributed by atoms with Crippen molar-refractivity contribution < 1.29 is 97.5 Å². The Morgan fingerprint density at radius 1 is 0.301 bits per heavy atom. The Kier molecular flexibility index (Phi) is 46.1. The molecule has 0 saturated heterocycles. The Balaban J connectivity index is 3.57. The largest absolute Gasteiger partial charge is 0.508 e. The van der Waals surface area contributed by atoms with Crippen molar-refractivity contribution in [3.05, 3.63) is 29.8 Å². The van der Waals surface area contributed by atoms with Gasteiger partial charge in [-0.05, 0) is 166 Å². The molecule has 1 aromatic carbocycles. The van der Waals surface area contributed by atoms with E-state index in [-0.39, 0.29) is 122 Å². The molecule has 40 heteroatoms. The van der Waals surface area contributed by atoms with Crippen molar-refractivity contribution in [3.8, 4) is 5.75 Å². The number of primary amides is 3. The fraction of sp³-hybridized carbons (Fsp3) is 0.667. The number of nitrogens with two attached hydrogens (primary N) is 9. The standard InChI is InChI=1S/C63H110N20O20/c64-26-6-1-11-38(73-52(91)37(69)20-23-49(70)88)55(94)80-45(31-35-16-18-36(87)19-17-35)59(98)82-46(32-84)60(99)76-39(12-2-7-27-65)53(92)77-42(21-24-50(71)89)57(96)75-41(14-4-9-29-67)56(95)81-48(34-86)62(101)83-47(33-85)61(100)78-43(22-25-51(72)90)58(97)74-40(13-3-8-28-66)54(93)79-44(63(102)103)15-5-10-30-68/h16-19,37-48,84-87H,1-15,20-34,64-69H2,(H2,70,88)(H2,71,89)(H2,72,90)(H,73,91)(H,74,97)(H,75,96)(H,76,99)(H,77,92)(H,78,100)(H,79,93)(H,80,94)(H,81,95)(H,82,98)(H,83,101)(H,102,103)/t37-,38-,39-,40-,41-,42-,43-,44-,45-,46-,47-,48-/m0/s1. The van der Waals surface area contributed by atoms with E-state index in [1.807, 2.05) is 0 Å². The van der Waals surface area contributed by atoms with Crippen LogP contribution < -0.4 is 110 Å². The first-order valence-corrected chi connectivity index (χ1v) is 34.2. The molecule has 0 aliphatic rings. The number of hydrogen-bond donors (Lipinski definition) is 25. The number of unbranched alkanes of at least 4 members (excludes halogenated alkanes) is 5. The molecule has 0 bridgehead atoms. The van der Waals surface area contributed by atoms with Gasteiger partial charge in [-0.3, -0.25) is 67.1 Å². The fourth-order valence-electron chi connectivity index (χ4n) is 10.00. The van der Waals surface area contributed by atoms with E-state index in [1.54, 1.807) is 0 Å². The van der Waals surface area contributed by atoms with Gasteiger partial charge in [0.2, 0.25) is 82.7 Å². The number of carbonyl (C=O) groups excluding carboxylic acids is 14. The van der Waals surface area contributed by atoms with Gasteiger partial charge < -0.3 is 136 Å². The monoisotopic (exact) mass is 1470 g/mol. The Bertz CT molecular complexity index is 2900. The molecule has 103 heavy (non-hydrogen) atoms. The van der Waals surface area contributed by atoms with Gasteiger partial charge in [0.25, 0.3) is 0 Å². The maximum atomic E-state index is 14.3. The lowest BCUT2D eigenvalue weighted by atomic mass is 10.0. The highest BCUT2D eigenvalue weighted by molar-refractivity contribution is 6.00. The summed E-state index contributed by atoms with van der Waals surface area (Å²) in [5.41, 5.74) is 50.7. The van der Waals surface area contributed by atoms with Crippen molar-refractivity contribution in [1.82, 2.24) is 58.5 Å². The number of rotatable bonds is 57. The third-order valence-corrected chi connectivity index (χ3v) is 16.0. The van der Waals surface area contributed by atoms with Crippen LogP contribution in [-0.2, 0) is 78.3 Å². The number of carboxylic acid groups (broad SMARTS) is 1. The second-order valence-corrected chi connectivity index (χ2v) is 24.5. The second kappa shape index (κ2) is 51.8. The molecular formula is C63H110N20O20. The summed E-state index contributed by atoms with van der Waals surface area (Å²) in [5.74, 6) is -16.0. The summed E-state index contributed by atoms with van der Waals surface area (Å²) in [7, 11) is 0. The van der Waals surface area contributed by atoms with Crippen LogP contribution in [0.5, 0.6) is 5.75 Å². The lowest BCUT2D eigenvalue weighted by molar-refractivity contribution is -0.142. The summed E-state index contributed by atoms with van der Waals surface area (Å²) in [6.07, 6.45) is -0.251. The van der Waals surface area contributed by atoms with Crippen LogP contribution in [0.3, 0.4) is 0 Å². The Hall–Kier alpha value is -9.29. The zero-order valence-corrected chi connectivity index (χ0v) is 58.0. The molecule has 12 atom stereocenters. The van der Waals surface area contributed by atoms with Gasteiger partial charge in [0.1, 0.15) is 72.2 Å². The number of aliphatic carboxylic acids is 1. The van der Waals surface area contributed by atoms with Crippen molar-refractivity contribution >= 4 is 88.7 Å². The van der Waals surface area contributed by atoms with Crippen molar-refractivity contribution in [1.29, 1.82) is 0 Å². The molecule has 1 rings (SSSR count). The van der Waals surface area contributed by atoms with Gasteiger partial charge in [-0.25, -0.2) is 4.79 Å². The molecule has 0 spiro atoms. The molecule has 14 amide bonds. The van der Waals surface area contributed by atoms with Crippen molar-refractivity contribution in [2.45, 2.75) is 214 Å². The molecule has 0 fully saturated rings. The number of phenols is 1. The van der Waals surface area contributed by atoms with E-state index in [1.165, 1.54) is 24.3 Å². The topological polar surface area (TPSA) is 724 Å². The maximum absolute atomic E-state index is 14.3. The molecule has 582 valence electrons. The average molecular weight is 1470 g/mol. The lowest BCUT2D eigenvalue weighted by Gasteiger charge is -2.28. The Morgan fingerprint density at radius 2 is 0.524 bits per heavy atom. The quantitative estimate of drug-likeness (QED) is 0.0269. The summed E-state index contributed by atoms with van der Waals surface area (Å²) >= 11 is 0. The van der Waals surface area contributed by atoms with Gasteiger partial charge in [0.15, 0.2) is 0 Å². The van der Waals surface area contributed by atoms with E-state index in [0.717, 1.165) is 0 Å². The smallest absolute Gasteiger partial charge is 0.326 e. The van der Waals surface area contributed by atoms with Gasteiger partial charge in [-0.15, -0.1) is 0 Å². The van der Waals surface area contributed by atoms with Crippen LogP contribution in [0.2, 0.25) is 0 Å². The zero-order valence-electron chi connectivity index (χ0n) is 58.0. The molecule has 0 heterocycles. The number of benzene rings is 1. The van der Waals surface area contributed by atoms with Crippen LogP contribution in [0, 0.1) is 0 Å². The fourth-order valence-corrected chi connectivity index (χ4v) is 10.00. The predicted molar refractivity (Wildman–Crippen MR) is 370 cm³/mol. The SMILES string of the molecule is NCCCC[C@H](NC(=O)[C@H](CCCCN)NC(=O)[C@H](CCC(N)=O)NC(=O)[C@H](CO)NC(=O)[C@H](CO)NC(=O)[C@H](CCCCN)NC(=O)[C@H](CCC(N)=O)NC(=O)[C@H](CCCCN)NC(=O)[C@H](CO)NC(=O)[C@H](Cc1ccc(O)cc1)NC(=O)[C@H](CCCCN)NC(=O)[C@@H](N)CCC(N)=O)C(=O)O. The van der Waals surface area contributed by atoms with Crippen LogP contribution in [0.15, 0.2) is 24.3 Å². The van der Waals surface area contributed by atoms with E-state index < -0.39 is 207 Å². The summed E-state index contributed by atoms with van der Waals surface area (Å²) in [5, 5.41) is 77.3. The molecule has 0 radical (unpaired) electrons. The van der Waals surface area contributed by atoms with Gasteiger partial charge in [-0.2, -0.15) is 0 Å². The minimum Gasteiger partial charge on any atom is -0.508 e. The van der Waals surface area contributed by atoms with Gasteiger partial charge in [-0.1, -0.05) is 12.1 Å². The molecule has 34 N–H and O–H groups in total. The van der Waals surface area contributed by atoms with Gasteiger partial charge in [0, 0.05) is 25.7 Å².